The first-order chi connectivity index (χ1) is 17.5. The highest BCUT2D eigenvalue weighted by molar-refractivity contribution is 5.77. The van der Waals surface area contributed by atoms with Crippen molar-refractivity contribution in [1.82, 2.24) is 0 Å². The summed E-state index contributed by atoms with van der Waals surface area (Å²) in [5, 5.41) is 19.9. The molecule has 0 heterocycles. The third-order valence-electron chi connectivity index (χ3n) is 8.48. The van der Waals surface area contributed by atoms with E-state index in [2.05, 4.69) is 19.1 Å². The fraction of sp³-hybridized carbons (Fsp3) is 0.516. The average Bonchev–Trinajstić information content (AvgIpc) is 2.93. The average molecular weight is 485 g/mol. The zero-order valence-electron chi connectivity index (χ0n) is 21.6. The predicted octanol–water partition coefficient (Wildman–Crippen LogP) is 7.71. The number of esters is 1. The summed E-state index contributed by atoms with van der Waals surface area (Å²) >= 11 is 0. The van der Waals surface area contributed by atoms with Gasteiger partial charge in [0.05, 0.1) is 12.2 Å². The van der Waals surface area contributed by atoms with Gasteiger partial charge in [-0.05, 0) is 80.2 Å². The van der Waals surface area contributed by atoms with Gasteiger partial charge in [0.1, 0.15) is 29.2 Å². The Kier molecular flexibility index (Phi) is 8.00. The molecular formula is C31H36N2O3. The number of rotatable bonds is 10. The lowest BCUT2D eigenvalue weighted by atomic mass is 9.53. The molecule has 2 aromatic carbocycles. The molecule has 2 bridgehead atoms. The van der Waals surface area contributed by atoms with Crippen molar-refractivity contribution in [3.63, 3.8) is 0 Å². The minimum Gasteiger partial charge on any atom is -0.492 e. The van der Waals surface area contributed by atoms with E-state index in [1.807, 2.05) is 12.1 Å². The number of carbonyl (C=O) groups is 1. The van der Waals surface area contributed by atoms with Crippen LogP contribution in [0.1, 0.15) is 95.6 Å². The topological polar surface area (TPSA) is 83.1 Å². The van der Waals surface area contributed by atoms with E-state index in [1.54, 1.807) is 31.2 Å². The zero-order valence-corrected chi connectivity index (χ0v) is 21.6. The van der Waals surface area contributed by atoms with Crippen LogP contribution >= 0.6 is 0 Å². The van der Waals surface area contributed by atoms with E-state index in [-0.39, 0.29) is 16.9 Å². The summed E-state index contributed by atoms with van der Waals surface area (Å²) in [5.41, 5.74) is 2.79. The number of nitriles is 2. The van der Waals surface area contributed by atoms with Crippen LogP contribution in [0, 0.1) is 33.5 Å². The lowest BCUT2D eigenvalue weighted by molar-refractivity contribution is -0.134. The van der Waals surface area contributed by atoms with E-state index in [0.29, 0.717) is 41.1 Å². The molecule has 36 heavy (non-hydrogen) atoms. The van der Waals surface area contributed by atoms with Crippen LogP contribution in [0.15, 0.2) is 36.4 Å². The Morgan fingerprint density at radius 1 is 0.861 bits per heavy atom. The van der Waals surface area contributed by atoms with E-state index in [1.165, 1.54) is 64.2 Å². The molecule has 5 nitrogen and oxygen atoms in total. The normalized spacial score (nSPS) is 22.4. The maximum absolute atomic E-state index is 11.5. The van der Waals surface area contributed by atoms with Crippen molar-refractivity contribution in [1.29, 1.82) is 10.5 Å². The fourth-order valence-electron chi connectivity index (χ4n) is 5.99. The largest absolute Gasteiger partial charge is 0.492 e. The second kappa shape index (κ2) is 11.2. The Bertz CT molecular complexity index is 1150. The van der Waals surface area contributed by atoms with Crippen LogP contribution in [0.3, 0.4) is 0 Å². The number of nitrogens with zero attached hydrogens (tertiary/aromatic N) is 2. The van der Waals surface area contributed by atoms with Gasteiger partial charge in [0.15, 0.2) is 0 Å². The number of hydrogen-bond donors (Lipinski definition) is 0. The van der Waals surface area contributed by atoms with Crippen molar-refractivity contribution in [3.8, 4) is 34.8 Å². The molecular weight excluding hydrogens is 448 g/mol. The van der Waals surface area contributed by atoms with Crippen LogP contribution < -0.4 is 9.47 Å². The van der Waals surface area contributed by atoms with Gasteiger partial charge in [0.25, 0.3) is 0 Å². The highest BCUT2D eigenvalue weighted by atomic mass is 16.5. The second-order valence-corrected chi connectivity index (χ2v) is 10.7. The molecule has 188 valence electrons. The van der Waals surface area contributed by atoms with Crippen LogP contribution in [-0.4, -0.2) is 12.6 Å². The fourth-order valence-corrected chi connectivity index (χ4v) is 5.99. The van der Waals surface area contributed by atoms with E-state index in [9.17, 15) is 15.3 Å². The van der Waals surface area contributed by atoms with Crippen LogP contribution in [-0.2, 0) is 4.79 Å². The van der Waals surface area contributed by atoms with Gasteiger partial charge in [0.2, 0.25) is 0 Å². The third-order valence-corrected chi connectivity index (χ3v) is 8.48. The molecule has 2 aromatic rings. The smallest absolute Gasteiger partial charge is 0.310 e. The molecule has 0 atom stereocenters. The van der Waals surface area contributed by atoms with Crippen molar-refractivity contribution < 1.29 is 14.3 Å². The van der Waals surface area contributed by atoms with Crippen LogP contribution in [0.4, 0.5) is 0 Å². The van der Waals surface area contributed by atoms with Gasteiger partial charge >= 0.3 is 5.97 Å². The minimum atomic E-state index is -0.300. The number of unbranched alkanes of at least 4 members (excludes halogenated alkanes) is 2. The Hall–Kier alpha value is -3.31. The van der Waals surface area contributed by atoms with Crippen molar-refractivity contribution in [2.24, 2.45) is 10.8 Å². The van der Waals surface area contributed by atoms with Crippen LogP contribution in [0.2, 0.25) is 0 Å². The maximum atomic E-state index is 11.5. The second-order valence-electron chi connectivity index (χ2n) is 10.7. The molecule has 3 aliphatic rings. The van der Waals surface area contributed by atoms with Crippen LogP contribution in [0.25, 0.3) is 11.1 Å². The molecule has 0 radical (unpaired) electrons. The first kappa shape index (κ1) is 25.8. The SMILES string of the molecule is CCCCCC12CCC(COc3ccc(-c4ccc(OC(=O)CC)cc4)c(C#N)c3C#N)(CC1)CC2. The summed E-state index contributed by atoms with van der Waals surface area (Å²) in [7, 11) is 0. The first-order valence-electron chi connectivity index (χ1n) is 13.4. The third kappa shape index (κ3) is 5.41. The van der Waals surface area contributed by atoms with E-state index in [4.69, 9.17) is 9.47 Å². The van der Waals surface area contributed by atoms with Gasteiger partial charge < -0.3 is 9.47 Å². The minimum absolute atomic E-state index is 0.191. The molecule has 0 saturated heterocycles. The van der Waals surface area contributed by atoms with Crippen molar-refractivity contribution in [2.75, 3.05) is 6.61 Å². The summed E-state index contributed by atoms with van der Waals surface area (Å²) in [6, 6.07) is 15.1. The quantitative estimate of drug-likeness (QED) is 0.196. The maximum Gasteiger partial charge on any atom is 0.310 e. The molecule has 3 saturated carbocycles. The Morgan fingerprint density at radius 2 is 1.50 bits per heavy atom. The molecule has 0 unspecified atom stereocenters. The number of carbonyl (C=O) groups excluding carboxylic acids is 1. The van der Waals surface area contributed by atoms with Crippen molar-refractivity contribution >= 4 is 5.97 Å². The Morgan fingerprint density at radius 3 is 2.08 bits per heavy atom. The standard InChI is InChI=1S/C31H36N2O3/c1-3-5-6-13-30-14-17-31(18-15-30,19-16-30)22-35-28-12-11-25(26(20-32)27(28)21-33)23-7-9-24(10-8-23)36-29(34)4-2/h7-12H,3-6,13-19,22H2,1-2H3. The van der Waals surface area contributed by atoms with E-state index < -0.39 is 0 Å². The summed E-state index contributed by atoms with van der Waals surface area (Å²) in [6.07, 6.45) is 13.1. The molecule has 0 N–H and O–H groups in total. The first-order valence-corrected chi connectivity index (χ1v) is 13.4. The zero-order chi connectivity index (χ0) is 25.6. The predicted molar refractivity (Wildman–Crippen MR) is 139 cm³/mol. The molecule has 5 heteroatoms. The highest BCUT2D eigenvalue weighted by Gasteiger charge is 2.48. The van der Waals surface area contributed by atoms with Gasteiger partial charge in [-0.25, -0.2) is 0 Å². The molecule has 0 aromatic heterocycles. The van der Waals surface area contributed by atoms with Crippen molar-refractivity contribution in [2.45, 2.75) is 84.5 Å². The lowest BCUT2D eigenvalue weighted by Crippen LogP contribution is -2.44. The number of fused-ring (bicyclic) bond motifs is 3. The van der Waals surface area contributed by atoms with Crippen molar-refractivity contribution in [3.05, 3.63) is 47.5 Å². The number of ether oxygens (including phenoxy) is 2. The van der Waals surface area contributed by atoms with Gasteiger partial charge in [-0.1, -0.05) is 45.2 Å². The number of hydrogen-bond acceptors (Lipinski definition) is 5. The molecule has 3 fully saturated rings. The van der Waals surface area contributed by atoms with Crippen LogP contribution in [0.5, 0.6) is 11.5 Å². The summed E-state index contributed by atoms with van der Waals surface area (Å²) in [5.74, 6) is 0.649. The van der Waals surface area contributed by atoms with Gasteiger partial charge in [-0.15, -0.1) is 0 Å². The van der Waals surface area contributed by atoms with Gasteiger partial charge in [-0.2, -0.15) is 10.5 Å². The highest BCUT2D eigenvalue weighted by Crippen LogP contribution is 2.59. The molecule has 0 aliphatic heterocycles. The summed E-state index contributed by atoms with van der Waals surface area (Å²) in [4.78, 5) is 11.5. The van der Waals surface area contributed by atoms with E-state index in [0.717, 1.165) is 5.56 Å². The monoisotopic (exact) mass is 484 g/mol. The Labute approximate surface area is 215 Å². The molecule has 3 aliphatic carbocycles. The Balaban J connectivity index is 1.47. The van der Waals surface area contributed by atoms with E-state index >= 15 is 0 Å². The summed E-state index contributed by atoms with van der Waals surface area (Å²) < 4.78 is 11.5. The number of benzene rings is 2. The summed E-state index contributed by atoms with van der Waals surface area (Å²) in [6.45, 7) is 4.62. The molecule has 0 amide bonds. The van der Waals surface area contributed by atoms with Gasteiger partial charge in [-0.3, -0.25) is 4.79 Å². The molecule has 0 spiro atoms. The molecule has 5 rings (SSSR count). The lowest BCUT2D eigenvalue weighted by Gasteiger charge is -2.53. The van der Waals surface area contributed by atoms with Gasteiger partial charge in [0, 0.05) is 17.4 Å².